The number of carbonyl (C=O) groups is 1. The lowest BCUT2D eigenvalue weighted by Gasteiger charge is -2.04. The third-order valence-corrected chi connectivity index (χ3v) is 4.05. The van der Waals surface area contributed by atoms with Gasteiger partial charge in [0.2, 0.25) is 0 Å². The number of hydrogen-bond donors (Lipinski definition) is 0. The van der Waals surface area contributed by atoms with Gasteiger partial charge in [0.15, 0.2) is 5.78 Å². The molecular formula is C13H12BrFN2OS. The molecule has 0 aliphatic rings. The van der Waals surface area contributed by atoms with Crippen molar-refractivity contribution in [2.24, 2.45) is 0 Å². The van der Waals surface area contributed by atoms with Crippen LogP contribution in [0.25, 0.3) is 0 Å². The highest BCUT2D eigenvalue weighted by atomic mass is 79.9. The Morgan fingerprint density at radius 1 is 1.47 bits per heavy atom. The van der Waals surface area contributed by atoms with Gasteiger partial charge in [-0.25, -0.2) is 4.39 Å². The molecule has 3 nitrogen and oxygen atoms in total. The van der Waals surface area contributed by atoms with Crippen molar-refractivity contribution in [3.63, 3.8) is 0 Å². The topological polar surface area (TPSA) is 42.9 Å². The van der Waals surface area contributed by atoms with Crippen LogP contribution in [-0.4, -0.2) is 15.4 Å². The molecule has 19 heavy (non-hydrogen) atoms. The third kappa shape index (κ3) is 3.25. The van der Waals surface area contributed by atoms with Crippen LogP contribution in [0.4, 0.5) is 4.39 Å². The van der Waals surface area contributed by atoms with Crippen molar-refractivity contribution in [1.29, 1.82) is 0 Å². The number of rotatable bonds is 4. The van der Waals surface area contributed by atoms with Crippen LogP contribution in [0.5, 0.6) is 0 Å². The molecule has 0 fully saturated rings. The van der Waals surface area contributed by atoms with E-state index in [0.717, 1.165) is 22.8 Å². The van der Waals surface area contributed by atoms with Gasteiger partial charge in [-0.15, -0.1) is 5.10 Å². The molecule has 0 spiro atoms. The summed E-state index contributed by atoms with van der Waals surface area (Å²) in [6, 6.07) is 4.58. The SMILES string of the molecule is CC(C)c1nnsc1C(=O)Cc1ccc(F)c(Br)c1. The molecule has 6 heteroatoms. The first-order valence-electron chi connectivity index (χ1n) is 5.78. The summed E-state index contributed by atoms with van der Waals surface area (Å²) < 4.78 is 17.3. The Kier molecular flexibility index (Phi) is 4.42. The molecule has 0 amide bonds. The minimum absolute atomic E-state index is 0.0304. The van der Waals surface area contributed by atoms with E-state index in [9.17, 15) is 9.18 Å². The third-order valence-electron chi connectivity index (χ3n) is 2.66. The summed E-state index contributed by atoms with van der Waals surface area (Å²) in [6.07, 6.45) is 0.225. The Morgan fingerprint density at radius 3 is 2.84 bits per heavy atom. The zero-order valence-electron chi connectivity index (χ0n) is 10.5. The molecule has 0 saturated heterocycles. The van der Waals surface area contributed by atoms with E-state index in [2.05, 4.69) is 25.5 Å². The minimum atomic E-state index is -0.335. The highest BCUT2D eigenvalue weighted by molar-refractivity contribution is 9.10. The summed E-state index contributed by atoms with van der Waals surface area (Å²) in [5.41, 5.74) is 1.50. The zero-order valence-corrected chi connectivity index (χ0v) is 12.9. The highest BCUT2D eigenvalue weighted by Crippen LogP contribution is 2.23. The summed E-state index contributed by atoms with van der Waals surface area (Å²) in [6.45, 7) is 3.95. The molecule has 0 radical (unpaired) electrons. The van der Waals surface area contributed by atoms with Crippen molar-refractivity contribution in [2.75, 3.05) is 0 Å². The van der Waals surface area contributed by atoms with Crippen molar-refractivity contribution in [1.82, 2.24) is 9.59 Å². The minimum Gasteiger partial charge on any atom is -0.293 e. The van der Waals surface area contributed by atoms with E-state index in [-0.39, 0.29) is 23.9 Å². The van der Waals surface area contributed by atoms with Gasteiger partial charge < -0.3 is 0 Å². The van der Waals surface area contributed by atoms with Gasteiger partial charge in [0.1, 0.15) is 10.7 Å². The zero-order chi connectivity index (χ0) is 14.0. The molecule has 0 unspecified atom stereocenters. The van der Waals surface area contributed by atoms with Crippen LogP contribution in [0, 0.1) is 5.82 Å². The Labute approximate surface area is 123 Å². The Morgan fingerprint density at radius 2 is 2.21 bits per heavy atom. The van der Waals surface area contributed by atoms with E-state index >= 15 is 0 Å². The molecule has 2 rings (SSSR count). The Balaban J connectivity index is 2.21. The van der Waals surface area contributed by atoms with Crippen LogP contribution in [-0.2, 0) is 6.42 Å². The van der Waals surface area contributed by atoms with E-state index in [1.807, 2.05) is 13.8 Å². The maximum Gasteiger partial charge on any atom is 0.180 e. The Hall–Kier alpha value is -1.14. The summed E-state index contributed by atoms with van der Waals surface area (Å²) >= 11 is 4.23. The van der Waals surface area contributed by atoms with Crippen molar-refractivity contribution < 1.29 is 9.18 Å². The van der Waals surface area contributed by atoms with Gasteiger partial charge in [0.25, 0.3) is 0 Å². The average molecular weight is 343 g/mol. The van der Waals surface area contributed by atoms with E-state index in [0.29, 0.717) is 9.35 Å². The maximum absolute atomic E-state index is 13.1. The molecule has 0 aliphatic carbocycles. The number of carbonyl (C=O) groups excluding carboxylic acids is 1. The monoisotopic (exact) mass is 342 g/mol. The molecule has 0 aliphatic heterocycles. The first kappa shape index (κ1) is 14.3. The fourth-order valence-electron chi connectivity index (χ4n) is 1.68. The van der Waals surface area contributed by atoms with Crippen LogP contribution < -0.4 is 0 Å². The number of ketones is 1. The van der Waals surface area contributed by atoms with E-state index in [1.54, 1.807) is 12.1 Å². The van der Waals surface area contributed by atoms with Crippen molar-refractivity contribution >= 4 is 33.2 Å². The summed E-state index contributed by atoms with van der Waals surface area (Å²) in [4.78, 5) is 12.8. The molecule has 1 heterocycles. The largest absolute Gasteiger partial charge is 0.293 e. The lowest BCUT2D eigenvalue weighted by molar-refractivity contribution is 0.0995. The summed E-state index contributed by atoms with van der Waals surface area (Å²) in [7, 11) is 0. The molecule has 0 atom stereocenters. The average Bonchev–Trinajstić information content (AvgIpc) is 2.83. The molecule has 0 bridgehead atoms. The summed E-state index contributed by atoms with van der Waals surface area (Å²) in [5, 5.41) is 3.99. The standard InChI is InChI=1S/C13H12BrFN2OS/c1-7(2)12-13(19-17-16-12)11(18)6-8-3-4-10(15)9(14)5-8/h3-5,7H,6H2,1-2H3. The molecule has 1 aromatic carbocycles. The second-order valence-electron chi connectivity index (χ2n) is 4.49. The lowest BCUT2D eigenvalue weighted by Crippen LogP contribution is -2.06. The van der Waals surface area contributed by atoms with E-state index in [1.165, 1.54) is 6.07 Å². The van der Waals surface area contributed by atoms with Crippen LogP contribution in [0.2, 0.25) is 0 Å². The number of benzene rings is 1. The number of halogens is 2. The smallest absolute Gasteiger partial charge is 0.180 e. The predicted octanol–water partition coefficient (Wildman–Crippen LogP) is 3.99. The van der Waals surface area contributed by atoms with E-state index < -0.39 is 0 Å². The van der Waals surface area contributed by atoms with Gasteiger partial charge in [0.05, 0.1) is 10.2 Å². The number of aromatic nitrogens is 2. The van der Waals surface area contributed by atoms with Crippen molar-refractivity contribution in [3.8, 4) is 0 Å². The molecule has 0 saturated carbocycles. The molecular weight excluding hydrogens is 331 g/mol. The first-order chi connectivity index (χ1) is 8.99. The van der Waals surface area contributed by atoms with Gasteiger partial charge in [0, 0.05) is 6.42 Å². The molecule has 100 valence electrons. The van der Waals surface area contributed by atoms with Crippen molar-refractivity contribution in [3.05, 3.63) is 44.6 Å². The molecule has 1 aromatic heterocycles. The van der Waals surface area contributed by atoms with Gasteiger partial charge in [-0.2, -0.15) is 0 Å². The molecule has 2 aromatic rings. The van der Waals surface area contributed by atoms with Crippen LogP contribution in [0.3, 0.4) is 0 Å². The van der Waals surface area contributed by atoms with E-state index in [4.69, 9.17) is 0 Å². The second kappa shape index (κ2) is 5.88. The van der Waals surface area contributed by atoms with Gasteiger partial charge in [-0.3, -0.25) is 4.79 Å². The first-order valence-corrected chi connectivity index (χ1v) is 7.35. The number of nitrogens with zero attached hydrogens (tertiary/aromatic N) is 2. The normalized spacial score (nSPS) is 11.0. The van der Waals surface area contributed by atoms with Crippen LogP contribution in [0.15, 0.2) is 22.7 Å². The summed E-state index contributed by atoms with van der Waals surface area (Å²) in [5.74, 6) is -0.201. The number of Topliss-reactive ketones (excluding diaryl/α,β-unsaturated/α-hetero) is 1. The quantitative estimate of drug-likeness (QED) is 0.789. The van der Waals surface area contributed by atoms with Gasteiger partial charge in [-0.1, -0.05) is 24.4 Å². The highest BCUT2D eigenvalue weighted by Gasteiger charge is 2.19. The molecule has 0 N–H and O–H groups in total. The predicted molar refractivity (Wildman–Crippen MR) is 76.1 cm³/mol. The lowest BCUT2D eigenvalue weighted by atomic mass is 10.0. The maximum atomic E-state index is 13.1. The fraction of sp³-hybridized carbons (Fsp3) is 0.308. The van der Waals surface area contributed by atoms with Gasteiger partial charge in [-0.05, 0) is 51.1 Å². The van der Waals surface area contributed by atoms with Crippen LogP contribution >= 0.6 is 27.5 Å². The van der Waals surface area contributed by atoms with Gasteiger partial charge >= 0.3 is 0 Å². The van der Waals surface area contributed by atoms with Crippen LogP contribution in [0.1, 0.15) is 40.7 Å². The number of hydrogen-bond acceptors (Lipinski definition) is 4. The second-order valence-corrected chi connectivity index (χ2v) is 6.10. The Bertz CT molecular complexity index is 612. The van der Waals surface area contributed by atoms with Crippen molar-refractivity contribution in [2.45, 2.75) is 26.2 Å². The fourth-order valence-corrected chi connectivity index (χ4v) is 2.86.